The third-order valence-corrected chi connectivity index (χ3v) is 3.94. The monoisotopic (exact) mass is 298 g/mol. The number of carboxylic acid groups (broad SMARTS) is 1. The van der Waals surface area contributed by atoms with Gasteiger partial charge in [0.1, 0.15) is 6.54 Å². The lowest BCUT2D eigenvalue weighted by Gasteiger charge is -2.25. The average Bonchev–Trinajstić information content (AvgIpc) is 2.92. The summed E-state index contributed by atoms with van der Waals surface area (Å²) >= 11 is 0. The minimum atomic E-state index is -1.05. The van der Waals surface area contributed by atoms with Gasteiger partial charge in [0.05, 0.1) is 6.54 Å². The molecule has 0 aromatic rings. The van der Waals surface area contributed by atoms with Crippen molar-refractivity contribution in [1.82, 2.24) is 10.2 Å². The zero-order valence-corrected chi connectivity index (χ0v) is 12.9. The van der Waals surface area contributed by atoms with E-state index >= 15 is 0 Å². The van der Waals surface area contributed by atoms with Gasteiger partial charge >= 0.3 is 5.97 Å². The van der Waals surface area contributed by atoms with Crippen LogP contribution in [-0.2, 0) is 14.4 Å². The van der Waals surface area contributed by atoms with Crippen LogP contribution in [0.5, 0.6) is 0 Å². The number of carboxylic acids is 1. The van der Waals surface area contributed by atoms with Crippen LogP contribution in [0.3, 0.4) is 0 Å². The molecule has 0 unspecified atom stereocenters. The first-order valence-electron chi connectivity index (χ1n) is 7.68. The molecule has 0 aliphatic heterocycles. The molecule has 6 nitrogen and oxygen atoms in total. The maximum Gasteiger partial charge on any atom is 0.323 e. The van der Waals surface area contributed by atoms with Crippen molar-refractivity contribution in [3.05, 3.63) is 0 Å². The van der Waals surface area contributed by atoms with Crippen LogP contribution < -0.4 is 5.32 Å². The summed E-state index contributed by atoms with van der Waals surface area (Å²) in [5.41, 5.74) is 0. The molecule has 0 bridgehead atoms. The predicted molar refractivity (Wildman–Crippen MR) is 78.7 cm³/mol. The average molecular weight is 298 g/mol. The van der Waals surface area contributed by atoms with Crippen LogP contribution in [0.4, 0.5) is 0 Å². The Morgan fingerprint density at radius 2 is 1.86 bits per heavy atom. The van der Waals surface area contributed by atoms with Gasteiger partial charge in [-0.2, -0.15) is 0 Å². The minimum Gasteiger partial charge on any atom is -0.480 e. The fourth-order valence-electron chi connectivity index (χ4n) is 2.70. The standard InChI is InChI=1S/C15H26N2O4/c1-11(2)17(10-15(20)21)14(19)9-16-13(18)8-7-12-5-3-4-6-12/h11-12H,3-10H2,1-2H3,(H,16,18)(H,20,21). The number of carbonyl (C=O) groups excluding carboxylic acids is 2. The van der Waals surface area contributed by atoms with Gasteiger partial charge in [-0.3, -0.25) is 14.4 Å². The molecule has 1 aliphatic carbocycles. The highest BCUT2D eigenvalue weighted by atomic mass is 16.4. The van der Waals surface area contributed by atoms with Crippen LogP contribution in [0.25, 0.3) is 0 Å². The first-order valence-corrected chi connectivity index (χ1v) is 7.68. The Hall–Kier alpha value is -1.59. The van der Waals surface area contributed by atoms with Crippen molar-refractivity contribution in [3.8, 4) is 0 Å². The Balaban J connectivity index is 2.29. The van der Waals surface area contributed by atoms with E-state index in [4.69, 9.17) is 5.11 Å². The van der Waals surface area contributed by atoms with Gasteiger partial charge in [0.25, 0.3) is 0 Å². The molecule has 6 heteroatoms. The first-order chi connectivity index (χ1) is 9.90. The number of rotatable bonds is 8. The summed E-state index contributed by atoms with van der Waals surface area (Å²) in [5.74, 6) is -0.897. The molecule has 21 heavy (non-hydrogen) atoms. The summed E-state index contributed by atoms with van der Waals surface area (Å²) in [4.78, 5) is 35.6. The Morgan fingerprint density at radius 1 is 1.24 bits per heavy atom. The highest BCUT2D eigenvalue weighted by Gasteiger charge is 2.20. The van der Waals surface area contributed by atoms with E-state index in [1.54, 1.807) is 13.8 Å². The molecular weight excluding hydrogens is 272 g/mol. The van der Waals surface area contributed by atoms with E-state index in [1.807, 2.05) is 0 Å². The predicted octanol–water partition coefficient (Wildman–Crippen LogP) is 1.39. The van der Waals surface area contributed by atoms with Gasteiger partial charge < -0.3 is 15.3 Å². The van der Waals surface area contributed by atoms with Crippen LogP contribution in [-0.4, -0.2) is 46.9 Å². The van der Waals surface area contributed by atoms with E-state index in [1.165, 1.54) is 30.6 Å². The van der Waals surface area contributed by atoms with Gasteiger partial charge in [0.15, 0.2) is 0 Å². The number of hydrogen-bond acceptors (Lipinski definition) is 3. The molecule has 0 radical (unpaired) electrons. The largest absolute Gasteiger partial charge is 0.480 e. The normalized spacial score (nSPS) is 15.2. The summed E-state index contributed by atoms with van der Waals surface area (Å²) in [6.45, 7) is 3.04. The Kier molecular flexibility index (Phi) is 7.19. The molecule has 0 spiro atoms. The quantitative estimate of drug-likeness (QED) is 0.709. The number of aliphatic carboxylic acids is 1. The number of nitrogens with zero attached hydrogens (tertiary/aromatic N) is 1. The zero-order valence-electron chi connectivity index (χ0n) is 12.9. The van der Waals surface area contributed by atoms with E-state index in [2.05, 4.69) is 5.32 Å². The van der Waals surface area contributed by atoms with E-state index in [9.17, 15) is 14.4 Å². The van der Waals surface area contributed by atoms with Gasteiger partial charge in [0, 0.05) is 12.5 Å². The SMILES string of the molecule is CC(C)N(CC(=O)O)C(=O)CNC(=O)CCC1CCCC1. The van der Waals surface area contributed by atoms with Crippen molar-refractivity contribution < 1.29 is 19.5 Å². The van der Waals surface area contributed by atoms with Gasteiger partial charge in [-0.15, -0.1) is 0 Å². The van der Waals surface area contributed by atoms with Crippen molar-refractivity contribution >= 4 is 17.8 Å². The number of amides is 2. The highest BCUT2D eigenvalue weighted by molar-refractivity contribution is 5.86. The summed E-state index contributed by atoms with van der Waals surface area (Å²) < 4.78 is 0. The molecule has 0 aromatic heterocycles. The fourth-order valence-corrected chi connectivity index (χ4v) is 2.70. The second-order valence-electron chi connectivity index (χ2n) is 5.98. The second kappa shape index (κ2) is 8.64. The molecule has 2 N–H and O–H groups in total. The van der Waals surface area contributed by atoms with Crippen molar-refractivity contribution in [1.29, 1.82) is 0 Å². The van der Waals surface area contributed by atoms with Crippen molar-refractivity contribution in [3.63, 3.8) is 0 Å². The third kappa shape index (κ3) is 6.60. The summed E-state index contributed by atoms with van der Waals surface area (Å²) in [6, 6.07) is -0.205. The topological polar surface area (TPSA) is 86.7 Å². The Morgan fingerprint density at radius 3 is 2.38 bits per heavy atom. The molecule has 0 atom stereocenters. The van der Waals surface area contributed by atoms with Crippen LogP contribution in [0, 0.1) is 5.92 Å². The highest BCUT2D eigenvalue weighted by Crippen LogP contribution is 2.28. The molecule has 1 aliphatic rings. The molecule has 0 heterocycles. The van der Waals surface area contributed by atoms with Crippen molar-refractivity contribution in [2.75, 3.05) is 13.1 Å². The molecule has 0 saturated heterocycles. The van der Waals surface area contributed by atoms with Gasteiger partial charge in [-0.25, -0.2) is 0 Å². The molecule has 2 amide bonds. The van der Waals surface area contributed by atoms with E-state index < -0.39 is 5.97 Å². The molecular formula is C15H26N2O4. The lowest BCUT2D eigenvalue weighted by molar-refractivity contribution is -0.145. The van der Waals surface area contributed by atoms with E-state index in [0.717, 1.165) is 6.42 Å². The van der Waals surface area contributed by atoms with Crippen molar-refractivity contribution in [2.45, 2.75) is 58.4 Å². The third-order valence-electron chi connectivity index (χ3n) is 3.94. The minimum absolute atomic E-state index is 0.130. The van der Waals surface area contributed by atoms with Crippen molar-refractivity contribution in [2.24, 2.45) is 5.92 Å². The first kappa shape index (κ1) is 17.5. The summed E-state index contributed by atoms with van der Waals surface area (Å²) in [5, 5.41) is 11.4. The number of hydrogen-bond donors (Lipinski definition) is 2. The fraction of sp³-hybridized carbons (Fsp3) is 0.800. The summed E-state index contributed by atoms with van der Waals surface area (Å²) in [6.07, 6.45) is 6.23. The summed E-state index contributed by atoms with van der Waals surface area (Å²) in [7, 11) is 0. The van der Waals surface area contributed by atoms with Gasteiger partial charge in [0.2, 0.25) is 11.8 Å². The van der Waals surface area contributed by atoms with Crippen LogP contribution >= 0.6 is 0 Å². The maximum absolute atomic E-state index is 11.9. The van der Waals surface area contributed by atoms with Crippen LogP contribution in [0.1, 0.15) is 52.4 Å². The molecule has 120 valence electrons. The molecule has 1 saturated carbocycles. The van der Waals surface area contributed by atoms with E-state index in [-0.39, 0.29) is 30.9 Å². The van der Waals surface area contributed by atoms with Gasteiger partial charge in [-0.05, 0) is 26.2 Å². The lowest BCUT2D eigenvalue weighted by atomic mass is 10.0. The van der Waals surface area contributed by atoms with E-state index in [0.29, 0.717) is 12.3 Å². The Labute approximate surface area is 125 Å². The smallest absolute Gasteiger partial charge is 0.323 e. The molecule has 1 fully saturated rings. The van der Waals surface area contributed by atoms with Crippen LogP contribution in [0.2, 0.25) is 0 Å². The zero-order chi connectivity index (χ0) is 15.8. The van der Waals surface area contributed by atoms with Crippen LogP contribution in [0.15, 0.2) is 0 Å². The molecule has 0 aromatic carbocycles. The second-order valence-corrected chi connectivity index (χ2v) is 5.98. The Bertz CT molecular complexity index is 376. The lowest BCUT2D eigenvalue weighted by Crippen LogP contribution is -2.45. The van der Waals surface area contributed by atoms with Gasteiger partial charge in [-0.1, -0.05) is 25.7 Å². The number of nitrogens with one attached hydrogen (secondary N) is 1. The maximum atomic E-state index is 11.9. The number of carbonyl (C=O) groups is 3. The molecule has 1 rings (SSSR count).